The van der Waals surface area contributed by atoms with Gasteiger partial charge in [0.25, 0.3) is 5.69 Å². The van der Waals surface area contributed by atoms with Gasteiger partial charge in [-0.2, -0.15) is 8.78 Å². The number of esters is 1. The van der Waals surface area contributed by atoms with Gasteiger partial charge in [-0.1, -0.05) is 0 Å². The van der Waals surface area contributed by atoms with Crippen molar-refractivity contribution >= 4 is 11.7 Å². The van der Waals surface area contributed by atoms with E-state index in [1.807, 2.05) is 0 Å². The van der Waals surface area contributed by atoms with Crippen LogP contribution in [0.2, 0.25) is 0 Å². The van der Waals surface area contributed by atoms with Gasteiger partial charge < -0.3 is 28.4 Å². The number of alkyl halides is 2. The average molecular weight is 443 g/mol. The SMILES string of the molecule is COc1cc(OC)c(C(=O)OCc2cc(OC)c(OC(F)F)cc2[N+](=O)[O-])cc1OC. The molecule has 2 aromatic carbocycles. The molecule has 0 heterocycles. The van der Waals surface area contributed by atoms with E-state index in [0.29, 0.717) is 5.75 Å². The zero-order valence-corrected chi connectivity index (χ0v) is 17.0. The number of hydrogen-bond donors (Lipinski definition) is 0. The first-order chi connectivity index (χ1) is 14.7. The quantitative estimate of drug-likeness (QED) is 0.309. The van der Waals surface area contributed by atoms with Crippen molar-refractivity contribution in [3.05, 3.63) is 45.5 Å². The molecule has 12 heteroatoms. The van der Waals surface area contributed by atoms with Gasteiger partial charge in [0.2, 0.25) is 0 Å². The van der Waals surface area contributed by atoms with Crippen LogP contribution in [0.5, 0.6) is 28.7 Å². The van der Waals surface area contributed by atoms with E-state index >= 15 is 0 Å². The Morgan fingerprint density at radius 1 is 0.903 bits per heavy atom. The first-order valence-electron chi connectivity index (χ1n) is 8.52. The van der Waals surface area contributed by atoms with Gasteiger partial charge >= 0.3 is 12.6 Å². The lowest BCUT2D eigenvalue weighted by Gasteiger charge is -2.14. The summed E-state index contributed by atoms with van der Waals surface area (Å²) in [5.41, 5.74) is -0.716. The van der Waals surface area contributed by atoms with Gasteiger partial charge in [-0.25, -0.2) is 4.79 Å². The van der Waals surface area contributed by atoms with E-state index in [1.54, 1.807) is 0 Å². The van der Waals surface area contributed by atoms with Gasteiger partial charge in [0.1, 0.15) is 17.9 Å². The monoisotopic (exact) mass is 443 g/mol. The highest BCUT2D eigenvalue weighted by atomic mass is 19.3. The van der Waals surface area contributed by atoms with E-state index in [0.717, 1.165) is 12.1 Å². The number of carbonyl (C=O) groups is 1. The molecule has 10 nitrogen and oxygen atoms in total. The second-order valence-electron chi connectivity index (χ2n) is 5.75. The summed E-state index contributed by atoms with van der Waals surface area (Å²) in [6.45, 7) is -3.77. The lowest BCUT2D eigenvalue weighted by atomic mass is 10.1. The Hall–Kier alpha value is -3.83. The molecule has 0 atom stereocenters. The standard InChI is InChI=1S/C19H19F2NO9/c1-26-13-8-16(29-4)15(28-3)6-11(13)18(23)30-9-10-5-14(27-2)17(31-19(20)21)7-12(10)22(24)25/h5-8,19H,9H2,1-4H3. The number of benzene rings is 2. The number of nitro groups is 1. The molecule has 0 bridgehead atoms. The molecule has 168 valence electrons. The fraction of sp³-hybridized carbons (Fsp3) is 0.316. The summed E-state index contributed by atoms with van der Waals surface area (Å²) >= 11 is 0. The van der Waals surface area contributed by atoms with Crippen molar-refractivity contribution in [2.45, 2.75) is 13.2 Å². The van der Waals surface area contributed by atoms with Crippen molar-refractivity contribution in [1.29, 1.82) is 0 Å². The Labute approximate surface area is 175 Å². The maximum absolute atomic E-state index is 12.6. The number of halogens is 2. The molecule has 0 amide bonds. The van der Waals surface area contributed by atoms with Crippen LogP contribution in [-0.4, -0.2) is 45.9 Å². The van der Waals surface area contributed by atoms with Gasteiger partial charge in [-0.15, -0.1) is 0 Å². The van der Waals surface area contributed by atoms with Crippen LogP contribution in [0.3, 0.4) is 0 Å². The molecular weight excluding hydrogens is 424 g/mol. The van der Waals surface area contributed by atoms with E-state index in [1.165, 1.54) is 40.6 Å². The van der Waals surface area contributed by atoms with Crippen LogP contribution in [0.4, 0.5) is 14.5 Å². The highest BCUT2D eigenvalue weighted by molar-refractivity contribution is 5.93. The van der Waals surface area contributed by atoms with Gasteiger partial charge in [-0.05, 0) is 6.07 Å². The summed E-state index contributed by atoms with van der Waals surface area (Å²) in [6.07, 6.45) is 0. The second-order valence-corrected chi connectivity index (χ2v) is 5.75. The minimum atomic E-state index is -3.21. The lowest BCUT2D eigenvalue weighted by molar-refractivity contribution is -0.386. The highest BCUT2D eigenvalue weighted by Crippen LogP contribution is 2.37. The summed E-state index contributed by atoms with van der Waals surface area (Å²) < 4.78 is 54.9. The molecule has 0 aliphatic heterocycles. The fourth-order valence-electron chi connectivity index (χ4n) is 2.63. The molecule has 2 aromatic rings. The summed E-state index contributed by atoms with van der Waals surface area (Å²) in [5, 5.41) is 11.4. The minimum Gasteiger partial charge on any atom is -0.496 e. The number of ether oxygens (including phenoxy) is 6. The average Bonchev–Trinajstić information content (AvgIpc) is 2.75. The van der Waals surface area contributed by atoms with Crippen molar-refractivity contribution in [3.8, 4) is 28.7 Å². The summed E-state index contributed by atoms with van der Waals surface area (Å²) in [4.78, 5) is 23.1. The molecule has 31 heavy (non-hydrogen) atoms. The fourth-order valence-corrected chi connectivity index (χ4v) is 2.63. The van der Waals surface area contributed by atoms with E-state index in [4.69, 9.17) is 23.7 Å². The van der Waals surface area contributed by atoms with Crippen LogP contribution in [0.1, 0.15) is 15.9 Å². The van der Waals surface area contributed by atoms with Gasteiger partial charge in [0.05, 0.1) is 45.0 Å². The first-order valence-corrected chi connectivity index (χ1v) is 8.52. The van der Waals surface area contributed by atoms with Crippen LogP contribution in [0.15, 0.2) is 24.3 Å². The van der Waals surface area contributed by atoms with Crippen molar-refractivity contribution in [2.75, 3.05) is 28.4 Å². The molecular formula is C19H19F2NO9. The zero-order chi connectivity index (χ0) is 23.1. The molecule has 0 unspecified atom stereocenters. The maximum atomic E-state index is 12.6. The Bertz CT molecular complexity index is 966. The van der Waals surface area contributed by atoms with Gasteiger partial charge in [0, 0.05) is 12.1 Å². The van der Waals surface area contributed by atoms with E-state index < -0.39 is 35.5 Å². The van der Waals surface area contributed by atoms with Gasteiger partial charge in [0.15, 0.2) is 23.0 Å². The number of hydrogen-bond acceptors (Lipinski definition) is 9. The molecule has 0 aromatic heterocycles. The number of carbonyl (C=O) groups excluding carboxylic acids is 1. The van der Waals surface area contributed by atoms with Crippen molar-refractivity contribution < 1.29 is 46.9 Å². The third-order valence-corrected chi connectivity index (χ3v) is 4.06. The predicted octanol–water partition coefficient (Wildman–Crippen LogP) is 3.59. The second kappa shape index (κ2) is 10.3. The van der Waals surface area contributed by atoms with E-state index in [9.17, 15) is 23.7 Å². The van der Waals surface area contributed by atoms with Crippen molar-refractivity contribution in [3.63, 3.8) is 0 Å². The summed E-state index contributed by atoms with van der Waals surface area (Å²) in [6, 6.07) is 4.59. The molecule has 0 aliphatic carbocycles. The largest absolute Gasteiger partial charge is 0.496 e. The van der Waals surface area contributed by atoms with Crippen molar-refractivity contribution in [1.82, 2.24) is 0 Å². The molecule has 0 saturated carbocycles. The number of nitro benzene ring substituents is 1. The normalized spacial score (nSPS) is 10.4. The van der Waals surface area contributed by atoms with Crippen LogP contribution in [-0.2, 0) is 11.3 Å². The molecule has 0 spiro atoms. The first kappa shape index (κ1) is 23.4. The third kappa shape index (κ3) is 5.41. The zero-order valence-electron chi connectivity index (χ0n) is 17.0. The molecule has 0 N–H and O–H groups in total. The minimum absolute atomic E-state index is 0.0209. The Kier molecular flexibility index (Phi) is 7.77. The Morgan fingerprint density at radius 2 is 1.45 bits per heavy atom. The predicted molar refractivity (Wildman–Crippen MR) is 101 cm³/mol. The molecule has 0 fully saturated rings. The van der Waals surface area contributed by atoms with Crippen LogP contribution >= 0.6 is 0 Å². The van der Waals surface area contributed by atoms with Crippen LogP contribution in [0, 0.1) is 10.1 Å². The number of methoxy groups -OCH3 is 4. The lowest BCUT2D eigenvalue weighted by Crippen LogP contribution is -2.10. The Balaban J connectivity index is 2.35. The van der Waals surface area contributed by atoms with Crippen LogP contribution < -0.4 is 23.7 Å². The summed E-state index contributed by atoms with van der Waals surface area (Å²) in [7, 11) is 5.28. The van der Waals surface area contributed by atoms with Crippen molar-refractivity contribution in [2.24, 2.45) is 0 Å². The number of nitrogens with zero attached hydrogens (tertiary/aromatic N) is 1. The van der Waals surface area contributed by atoms with E-state index in [2.05, 4.69) is 4.74 Å². The highest BCUT2D eigenvalue weighted by Gasteiger charge is 2.24. The maximum Gasteiger partial charge on any atom is 0.387 e. The van der Waals surface area contributed by atoms with Gasteiger partial charge in [-0.3, -0.25) is 10.1 Å². The molecule has 0 saturated heterocycles. The van der Waals surface area contributed by atoms with E-state index in [-0.39, 0.29) is 28.4 Å². The van der Waals surface area contributed by atoms with Crippen LogP contribution in [0.25, 0.3) is 0 Å². The third-order valence-electron chi connectivity index (χ3n) is 4.06. The molecule has 0 radical (unpaired) electrons. The molecule has 2 rings (SSSR count). The number of rotatable bonds is 10. The summed E-state index contributed by atoms with van der Waals surface area (Å²) in [5.74, 6) is -0.932. The Morgan fingerprint density at radius 3 is 1.97 bits per heavy atom. The topological polar surface area (TPSA) is 116 Å². The molecule has 0 aliphatic rings. The smallest absolute Gasteiger partial charge is 0.387 e.